The van der Waals surface area contributed by atoms with E-state index in [-0.39, 0.29) is 53.8 Å². The standard InChI is InChI=1S/C32H48N7O18P3S2/c1-31(2,27(44)30(45)35-10-9-22(41)34-11-12-61-23(42)13-19(40)15-62-20-7-5-4-6-8-20)16-54-60(51,52)57-59(49,50)53-14-21-25(56-58(46,47)48)26(43)32(3,55-21)39-18-38-24-28(33)36-17-37-29(24)39/h4-8,17-19,21,25-27,40,43-44H,9-16H2,1-3H3,(H,34,41)(H,35,45)(H,49,50)(H,51,52)(H2,33,36,37)(H2,46,47,48). The predicted molar refractivity (Wildman–Crippen MR) is 219 cm³/mol. The molecule has 0 radical (unpaired) electrons. The van der Waals surface area contributed by atoms with Crippen LogP contribution in [0.25, 0.3) is 11.2 Å². The van der Waals surface area contributed by atoms with Crippen molar-refractivity contribution in [2.45, 2.75) is 74.8 Å². The normalized spacial score (nSPS) is 22.4. The Kier molecular flexibility index (Phi) is 18.2. The number of aromatic nitrogens is 4. The summed E-state index contributed by atoms with van der Waals surface area (Å²) < 4.78 is 62.8. The van der Waals surface area contributed by atoms with E-state index in [1.165, 1.54) is 32.5 Å². The molecule has 2 aromatic heterocycles. The lowest BCUT2D eigenvalue weighted by molar-refractivity contribution is -0.137. The Morgan fingerprint density at radius 3 is 2.37 bits per heavy atom. The Morgan fingerprint density at radius 2 is 1.69 bits per heavy atom. The molecular weight excluding hydrogens is 927 g/mol. The molecule has 1 aromatic carbocycles. The second-order valence-corrected chi connectivity index (χ2v) is 20.8. The van der Waals surface area contributed by atoms with Crippen LogP contribution in [0.3, 0.4) is 0 Å². The number of fused-ring (bicyclic) bond motifs is 1. The van der Waals surface area contributed by atoms with Crippen molar-refractivity contribution >= 4 is 80.9 Å². The number of nitrogens with one attached hydrogen (secondary N) is 2. The molecule has 3 aromatic rings. The number of ether oxygens (including phenoxy) is 1. The minimum atomic E-state index is -5.61. The van der Waals surface area contributed by atoms with Gasteiger partial charge >= 0.3 is 23.5 Å². The van der Waals surface area contributed by atoms with Crippen LogP contribution in [0.1, 0.15) is 33.6 Å². The van der Waals surface area contributed by atoms with Crippen LogP contribution in [0.2, 0.25) is 0 Å². The highest BCUT2D eigenvalue weighted by molar-refractivity contribution is 8.13. The molecule has 2 amide bonds. The van der Waals surface area contributed by atoms with Gasteiger partial charge in [-0.3, -0.25) is 32.5 Å². The van der Waals surface area contributed by atoms with Crippen LogP contribution >= 0.6 is 47.0 Å². The maximum atomic E-state index is 12.8. The number of rotatable bonds is 24. The van der Waals surface area contributed by atoms with Crippen molar-refractivity contribution in [2.75, 3.05) is 43.5 Å². The zero-order valence-corrected chi connectivity index (χ0v) is 37.5. The van der Waals surface area contributed by atoms with Crippen LogP contribution in [-0.2, 0) is 56.4 Å². The van der Waals surface area contributed by atoms with Gasteiger partial charge in [-0.05, 0) is 19.1 Å². The van der Waals surface area contributed by atoms with Crippen molar-refractivity contribution in [1.82, 2.24) is 30.2 Å². The second-order valence-electron chi connectivity index (χ2n) is 14.3. The van der Waals surface area contributed by atoms with Crippen molar-refractivity contribution in [3.63, 3.8) is 0 Å². The molecule has 0 bridgehead atoms. The van der Waals surface area contributed by atoms with E-state index in [4.69, 9.17) is 24.0 Å². The molecule has 11 N–H and O–H groups in total. The van der Waals surface area contributed by atoms with Gasteiger partial charge in [-0.2, -0.15) is 4.31 Å². The first kappa shape index (κ1) is 51.7. The summed E-state index contributed by atoms with van der Waals surface area (Å²) in [6.07, 6.45) is -6.49. The van der Waals surface area contributed by atoms with Gasteiger partial charge in [-0.1, -0.05) is 43.8 Å². The molecule has 25 nitrogen and oxygen atoms in total. The molecule has 1 aliphatic rings. The molecule has 1 aliphatic heterocycles. The fourth-order valence-corrected chi connectivity index (χ4v) is 10.0. The van der Waals surface area contributed by atoms with E-state index in [9.17, 15) is 63.0 Å². The molecule has 30 heteroatoms. The molecule has 0 spiro atoms. The molecule has 0 aliphatic carbocycles. The van der Waals surface area contributed by atoms with E-state index in [0.29, 0.717) is 5.75 Å². The number of phosphoric ester groups is 3. The number of aliphatic hydroxyl groups excluding tert-OH is 3. The number of phosphoric acid groups is 3. The summed E-state index contributed by atoms with van der Waals surface area (Å²) in [5, 5.41) is 36.6. The molecule has 0 saturated carbocycles. The minimum Gasteiger partial charge on any atom is -0.392 e. The fourth-order valence-electron chi connectivity index (χ4n) is 5.63. The van der Waals surface area contributed by atoms with Gasteiger partial charge in [0.15, 0.2) is 22.3 Å². The Balaban J connectivity index is 1.19. The Bertz CT molecular complexity index is 2170. The number of benzene rings is 1. The van der Waals surface area contributed by atoms with Crippen LogP contribution in [0.4, 0.5) is 5.82 Å². The average Bonchev–Trinajstić information content (AvgIpc) is 3.73. The number of aliphatic hydroxyl groups is 3. The van der Waals surface area contributed by atoms with Gasteiger partial charge in [-0.15, -0.1) is 11.8 Å². The van der Waals surface area contributed by atoms with Crippen LogP contribution in [0.5, 0.6) is 0 Å². The van der Waals surface area contributed by atoms with E-state index in [1.54, 1.807) is 0 Å². The van der Waals surface area contributed by atoms with E-state index < -0.39 is 90.2 Å². The lowest BCUT2D eigenvalue weighted by atomic mass is 9.87. The van der Waals surface area contributed by atoms with Crippen LogP contribution < -0.4 is 16.4 Å². The van der Waals surface area contributed by atoms with Crippen molar-refractivity contribution < 1.29 is 85.6 Å². The summed E-state index contributed by atoms with van der Waals surface area (Å²) in [4.78, 5) is 89.4. The Morgan fingerprint density at radius 1 is 1.02 bits per heavy atom. The SMILES string of the molecule is CC(C)(COP(=O)(O)OP(=O)(O)OCC1OC(C)(n2cnc3c(N)ncnc32)C(O)C1OP(=O)(O)O)C(O)C(=O)NCCC(=O)NCCSC(=O)CC(O)CSc1ccccc1. The topological polar surface area (TPSA) is 384 Å². The molecule has 346 valence electrons. The van der Waals surface area contributed by atoms with Crippen LogP contribution in [0, 0.1) is 5.41 Å². The van der Waals surface area contributed by atoms with Gasteiger partial charge in [0.25, 0.3) is 0 Å². The van der Waals surface area contributed by atoms with E-state index in [0.717, 1.165) is 33.9 Å². The highest BCUT2D eigenvalue weighted by Gasteiger charge is 2.57. The van der Waals surface area contributed by atoms with Gasteiger partial charge in [0.2, 0.25) is 11.8 Å². The van der Waals surface area contributed by atoms with Gasteiger partial charge in [-0.25, -0.2) is 28.6 Å². The zero-order valence-electron chi connectivity index (χ0n) is 33.2. The fraction of sp³-hybridized carbons (Fsp3) is 0.562. The molecule has 1 saturated heterocycles. The van der Waals surface area contributed by atoms with Gasteiger partial charge in [0.05, 0.1) is 25.6 Å². The van der Waals surface area contributed by atoms with Gasteiger partial charge < -0.3 is 56.0 Å². The highest BCUT2D eigenvalue weighted by Crippen LogP contribution is 2.61. The number of nitrogen functional groups attached to an aromatic ring is 1. The largest absolute Gasteiger partial charge is 0.481 e. The number of thioether (sulfide) groups is 2. The maximum absolute atomic E-state index is 12.8. The summed E-state index contributed by atoms with van der Waals surface area (Å²) >= 11 is 2.37. The predicted octanol–water partition coefficient (Wildman–Crippen LogP) is 0.382. The Labute approximate surface area is 362 Å². The smallest absolute Gasteiger partial charge is 0.392 e. The number of imidazole rings is 1. The second kappa shape index (κ2) is 21.8. The summed E-state index contributed by atoms with van der Waals surface area (Å²) in [6, 6.07) is 9.40. The monoisotopic (exact) mass is 975 g/mol. The average molecular weight is 976 g/mol. The summed E-state index contributed by atoms with van der Waals surface area (Å²) in [5.41, 5.74) is 2.27. The number of anilines is 1. The lowest BCUT2D eigenvalue weighted by Crippen LogP contribution is -2.46. The number of nitrogens with zero attached hydrogens (tertiary/aromatic N) is 4. The van der Waals surface area contributed by atoms with Crippen molar-refractivity contribution in [3.05, 3.63) is 43.0 Å². The van der Waals surface area contributed by atoms with E-state index in [1.807, 2.05) is 30.3 Å². The third-order valence-corrected chi connectivity index (χ3v) is 14.0. The maximum Gasteiger partial charge on any atom is 0.481 e. The quantitative estimate of drug-likeness (QED) is 0.0329. The zero-order chi connectivity index (χ0) is 46.1. The number of nitrogens with two attached hydrogens (primary N) is 1. The number of carbonyl (C=O) groups excluding carboxylic acids is 3. The number of amides is 2. The highest BCUT2D eigenvalue weighted by atomic mass is 32.2. The molecule has 3 heterocycles. The number of hydrogen-bond donors (Lipinski definition) is 10. The lowest BCUT2D eigenvalue weighted by Gasteiger charge is -2.30. The number of carbonyl (C=O) groups is 3. The first-order valence-electron chi connectivity index (χ1n) is 18.3. The third kappa shape index (κ3) is 15.1. The first-order chi connectivity index (χ1) is 28.8. The summed E-state index contributed by atoms with van der Waals surface area (Å²) in [7, 11) is -16.5. The molecule has 8 atom stereocenters. The summed E-state index contributed by atoms with van der Waals surface area (Å²) in [6.45, 7) is 1.55. The van der Waals surface area contributed by atoms with Crippen molar-refractivity contribution in [3.8, 4) is 0 Å². The minimum absolute atomic E-state index is 0.0130. The molecular formula is C32H48N7O18P3S2. The third-order valence-electron chi connectivity index (χ3n) is 8.84. The van der Waals surface area contributed by atoms with Gasteiger partial charge in [0.1, 0.15) is 36.3 Å². The molecule has 4 rings (SSSR count). The van der Waals surface area contributed by atoms with Crippen molar-refractivity contribution in [2.24, 2.45) is 5.41 Å². The first-order valence-corrected chi connectivity index (χ1v) is 24.8. The van der Waals surface area contributed by atoms with Crippen molar-refractivity contribution in [1.29, 1.82) is 0 Å². The van der Waals surface area contributed by atoms with Crippen LogP contribution in [0.15, 0.2) is 47.9 Å². The molecule has 1 fully saturated rings. The van der Waals surface area contributed by atoms with Gasteiger partial charge in [0, 0.05) is 47.7 Å². The Hall–Kier alpha value is -2.91. The van der Waals surface area contributed by atoms with Crippen LogP contribution in [-0.4, -0.2) is 140 Å². The number of hydrogen-bond acceptors (Lipinski definition) is 20. The molecule has 62 heavy (non-hydrogen) atoms. The van der Waals surface area contributed by atoms with E-state index in [2.05, 4.69) is 29.9 Å². The molecule has 8 unspecified atom stereocenters. The summed E-state index contributed by atoms with van der Waals surface area (Å²) in [5.74, 6) is -0.952. The van der Waals surface area contributed by atoms with E-state index >= 15 is 0 Å².